The van der Waals surface area contributed by atoms with Crippen molar-refractivity contribution in [3.8, 4) is 5.75 Å². The lowest BCUT2D eigenvalue weighted by Crippen LogP contribution is -2.34. The van der Waals surface area contributed by atoms with E-state index in [0.717, 1.165) is 27.5 Å². The van der Waals surface area contributed by atoms with Gasteiger partial charge in [-0.05, 0) is 68.0 Å². The highest BCUT2D eigenvalue weighted by Crippen LogP contribution is 2.41. The smallest absolute Gasteiger partial charge is 0.338 e. The molecule has 0 bridgehead atoms. The number of aryl methyl sites for hydroxylation is 1. The van der Waals surface area contributed by atoms with E-state index >= 15 is 0 Å². The zero-order valence-electron chi connectivity index (χ0n) is 19.6. The molecule has 0 aliphatic carbocycles. The molecule has 0 radical (unpaired) electrons. The molecule has 2 aromatic rings. The maximum atomic E-state index is 12.8. The molecule has 0 fully saturated rings. The van der Waals surface area contributed by atoms with Crippen LogP contribution in [0.25, 0.3) is 0 Å². The van der Waals surface area contributed by atoms with Crippen LogP contribution in [0.15, 0.2) is 70.3 Å². The molecule has 1 amide bonds. The fourth-order valence-electron chi connectivity index (χ4n) is 3.89. The van der Waals surface area contributed by atoms with Crippen LogP contribution in [0, 0.1) is 13.8 Å². The van der Waals surface area contributed by atoms with Crippen molar-refractivity contribution in [1.82, 2.24) is 4.90 Å². The SMILES string of the molecule is CCOC(=O)C1=C(C)N=C2SC=CN2[C@@H]1c1cccc(OCC(=O)Nc2cccc(C)c2C)c1. The molecule has 0 spiro atoms. The van der Waals surface area contributed by atoms with Crippen LogP contribution in [0.3, 0.4) is 0 Å². The van der Waals surface area contributed by atoms with E-state index in [-0.39, 0.29) is 19.1 Å². The topological polar surface area (TPSA) is 80.2 Å². The number of thioether (sulfide) groups is 1. The van der Waals surface area contributed by atoms with E-state index in [2.05, 4.69) is 10.3 Å². The molecule has 0 unspecified atom stereocenters. The van der Waals surface area contributed by atoms with Crippen LogP contribution in [-0.2, 0) is 14.3 Å². The van der Waals surface area contributed by atoms with Gasteiger partial charge in [0.2, 0.25) is 0 Å². The fraction of sp³-hybridized carbons (Fsp3) is 0.269. The summed E-state index contributed by atoms with van der Waals surface area (Å²) in [4.78, 5) is 31.8. The summed E-state index contributed by atoms with van der Waals surface area (Å²) in [5.41, 5.74) is 4.87. The minimum absolute atomic E-state index is 0.132. The van der Waals surface area contributed by atoms with Crippen LogP contribution in [0.5, 0.6) is 5.75 Å². The molecule has 7 nitrogen and oxygen atoms in total. The summed E-state index contributed by atoms with van der Waals surface area (Å²) in [7, 11) is 0. The van der Waals surface area contributed by atoms with Gasteiger partial charge in [0.1, 0.15) is 5.75 Å². The van der Waals surface area contributed by atoms with E-state index in [4.69, 9.17) is 9.47 Å². The van der Waals surface area contributed by atoms with Crippen LogP contribution in [0.1, 0.15) is 36.6 Å². The molecule has 2 aromatic carbocycles. The van der Waals surface area contributed by atoms with E-state index in [1.54, 1.807) is 13.0 Å². The maximum Gasteiger partial charge on any atom is 0.338 e. The van der Waals surface area contributed by atoms with Gasteiger partial charge in [-0.15, -0.1) is 0 Å². The first kappa shape index (κ1) is 23.6. The second kappa shape index (κ2) is 10.2. The van der Waals surface area contributed by atoms with E-state index in [1.165, 1.54) is 11.8 Å². The molecule has 0 aromatic heterocycles. The van der Waals surface area contributed by atoms with Crippen LogP contribution < -0.4 is 10.1 Å². The number of rotatable bonds is 7. The normalized spacial score (nSPS) is 16.8. The minimum Gasteiger partial charge on any atom is -0.484 e. The summed E-state index contributed by atoms with van der Waals surface area (Å²) in [6.45, 7) is 7.72. The van der Waals surface area contributed by atoms with Crippen molar-refractivity contribution in [3.05, 3.63) is 82.0 Å². The van der Waals surface area contributed by atoms with Crippen molar-refractivity contribution in [2.75, 3.05) is 18.5 Å². The number of hydrogen-bond donors (Lipinski definition) is 1. The van der Waals surface area contributed by atoms with Crippen LogP contribution in [-0.4, -0.2) is 35.2 Å². The van der Waals surface area contributed by atoms with Gasteiger partial charge in [0.05, 0.1) is 23.9 Å². The number of esters is 1. The molecule has 4 rings (SSSR count). The number of benzene rings is 2. The van der Waals surface area contributed by atoms with Gasteiger partial charge in [0.15, 0.2) is 11.8 Å². The average Bonchev–Trinajstić information content (AvgIpc) is 3.28. The van der Waals surface area contributed by atoms with Crippen molar-refractivity contribution in [2.24, 2.45) is 4.99 Å². The predicted octanol–water partition coefficient (Wildman–Crippen LogP) is 5.09. The number of anilines is 1. The summed E-state index contributed by atoms with van der Waals surface area (Å²) in [6, 6.07) is 12.8. The maximum absolute atomic E-state index is 12.8. The molecule has 0 saturated carbocycles. The summed E-state index contributed by atoms with van der Waals surface area (Å²) < 4.78 is 11.1. The standard InChI is InChI=1S/C26H27N3O4S/c1-5-32-25(31)23-18(4)27-26-29(12-13-34-26)24(23)19-9-7-10-20(14-19)33-15-22(30)28-21-11-6-8-16(2)17(21)3/h6-14,24H,5,15H2,1-4H3,(H,28,30)/t24-/m1/s1. The highest BCUT2D eigenvalue weighted by molar-refractivity contribution is 8.16. The number of hydrogen-bond acceptors (Lipinski definition) is 7. The fourth-order valence-corrected chi connectivity index (χ4v) is 4.69. The number of allylic oxidation sites excluding steroid dienone is 1. The summed E-state index contributed by atoms with van der Waals surface area (Å²) in [6.07, 6.45) is 1.91. The van der Waals surface area contributed by atoms with Crippen molar-refractivity contribution < 1.29 is 19.1 Å². The van der Waals surface area contributed by atoms with E-state index in [9.17, 15) is 9.59 Å². The van der Waals surface area contributed by atoms with Crippen molar-refractivity contribution in [2.45, 2.75) is 33.7 Å². The van der Waals surface area contributed by atoms with Crippen molar-refractivity contribution >= 4 is 34.5 Å². The van der Waals surface area contributed by atoms with Crippen molar-refractivity contribution in [1.29, 1.82) is 0 Å². The Morgan fingerprint density at radius 1 is 1.15 bits per heavy atom. The van der Waals surface area contributed by atoms with Gasteiger partial charge in [-0.3, -0.25) is 4.79 Å². The number of aliphatic imine (C=N–C) groups is 1. The lowest BCUT2D eigenvalue weighted by molar-refractivity contribution is -0.139. The Labute approximate surface area is 203 Å². The molecular weight excluding hydrogens is 450 g/mol. The molecule has 2 aliphatic rings. The van der Waals surface area contributed by atoms with Gasteiger partial charge in [-0.25, -0.2) is 9.79 Å². The monoisotopic (exact) mass is 477 g/mol. The summed E-state index contributed by atoms with van der Waals surface area (Å²) >= 11 is 1.50. The first-order valence-electron chi connectivity index (χ1n) is 11.1. The summed E-state index contributed by atoms with van der Waals surface area (Å²) in [5.74, 6) is -0.0975. The minimum atomic E-state index is -0.398. The average molecular weight is 478 g/mol. The Balaban J connectivity index is 1.53. The third kappa shape index (κ3) is 4.87. The Bertz CT molecular complexity index is 1220. The highest BCUT2D eigenvalue weighted by Gasteiger charge is 2.37. The largest absolute Gasteiger partial charge is 0.484 e. The van der Waals surface area contributed by atoms with Crippen molar-refractivity contribution in [3.63, 3.8) is 0 Å². The molecule has 176 valence electrons. The number of amides is 1. The van der Waals surface area contributed by atoms with Gasteiger partial charge in [-0.1, -0.05) is 36.0 Å². The number of carbonyl (C=O) groups excluding carboxylic acids is 2. The number of fused-ring (bicyclic) bond motifs is 1. The van der Waals surface area contributed by atoms with Crippen LogP contribution in [0.2, 0.25) is 0 Å². The molecule has 2 aliphatic heterocycles. The first-order valence-corrected chi connectivity index (χ1v) is 11.9. The Morgan fingerprint density at radius 3 is 2.74 bits per heavy atom. The molecule has 8 heteroatoms. The Hall–Kier alpha value is -3.52. The first-order chi connectivity index (χ1) is 16.4. The molecular formula is C26H27N3O4S. The van der Waals surface area contributed by atoms with Crippen LogP contribution in [0.4, 0.5) is 5.69 Å². The predicted molar refractivity (Wildman–Crippen MR) is 135 cm³/mol. The number of nitrogens with zero attached hydrogens (tertiary/aromatic N) is 2. The number of carbonyl (C=O) groups is 2. The van der Waals surface area contributed by atoms with Gasteiger partial charge >= 0.3 is 5.97 Å². The Kier molecular flexibility index (Phi) is 7.07. The lowest BCUT2D eigenvalue weighted by atomic mass is 9.94. The van der Waals surface area contributed by atoms with E-state index in [0.29, 0.717) is 17.0 Å². The second-order valence-corrected chi connectivity index (χ2v) is 8.86. The van der Waals surface area contributed by atoms with Gasteiger partial charge < -0.3 is 19.7 Å². The van der Waals surface area contributed by atoms with Crippen LogP contribution >= 0.6 is 11.8 Å². The second-order valence-electron chi connectivity index (χ2n) is 7.98. The molecule has 34 heavy (non-hydrogen) atoms. The zero-order valence-corrected chi connectivity index (χ0v) is 20.4. The lowest BCUT2D eigenvalue weighted by Gasteiger charge is -2.33. The summed E-state index contributed by atoms with van der Waals surface area (Å²) in [5, 5.41) is 5.64. The third-order valence-electron chi connectivity index (χ3n) is 5.74. The quantitative estimate of drug-likeness (QED) is 0.560. The van der Waals surface area contributed by atoms with E-state index in [1.807, 2.05) is 73.7 Å². The highest BCUT2D eigenvalue weighted by atomic mass is 32.2. The molecule has 1 atom stereocenters. The van der Waals surface area contributed by atoms with Gasteiger partial charge in [-0.2, -0.15) is 0 Å². The number of amidine groups is 1. The zero-order chi connectivity index (χ0) is 24.2. The Morgan fingerprint density at radius 2 is 1.94 bits per heavy atom. The van der Waals surface area contributed by atoms with Gasteiger partial charge in [0, 0.05) is 11.9 Å². The molecule has 1 N–H and O–H groups in total. The molecule has 0 saturated heterocycles. The van der Waals surface area contributed by atoms with Gasteiger partial charge in [0.25, 0.3) is 5.91 Å². The number of ether oxygens (including phenoxy) is 2. The third-order valence-corrected chi connectivity index (χ3v) is 6.51. The van der Waals surface area contributed by atoms with E-state index < -0.39 is 12.0 Å². The number of nitrogens with one attached hydrogen (secondary N) is 1. The molecule has 2 heterocycles.